The second kappa shape index (κ2) is 14.6. The molecule has 3 aromatic rings. The zero-order valence-corrected chi connectivity index (χ0v) is 27.7. The van der Waals surface area contributed by atoms with Gasteiger partial charge in [-0.15, -0.1) is 0 Å². The van der Waals surface area contributed by atoms with Crippen molar-refractivity contribution in [2.24, 2.45) is 0 Å². The Bertz CT molecular complexity index is 1800. The Balaban J connectivity index is 0.00000520. The van der Waals surface area contributed by atoms with Crippen LogP contribution in [0.1, 0.15) is 6.92 Å². The maximum absolute atomic E-state index is 13.7. The van der Waals surface area contributed by atoms with Crippen molar-refractivity contribution >= 4 is 21.4 Å². The Kier molecular flexibility index (Phi) is 11.6. The van der Waals surface area contributed by atoms with Crippen molar-refractivity contribution in [2.75, 3.05) is 6.61 Å². The minimum absolute atomic E-state index is 0. The van der Waals surface area contributed by atoms with Crippen LogP contribution in [0.25, 0.3) is 22.3 Å². The third-order valence-corrected chi connectivity index (χ3v) is 7.97. The molecule has 10 N–H and O–H groups in total. The van der Waals surface area contributed by atoms with E-state index in [1.165, 1.54) is 6.92 Å². The molecule has 2 aliphatic heterocycles. The molecule has 10 atom stereocenters. The van der Waals surface area contributed by atoms with Gasteiger partial charge < -0.3 is 69.3 Å². The molecule has 3 heterocycles. The van der Waals surface area contributed by atoms with Crippen molar-refractivity contribution in [3.05, 3.63) is 40.6 Å². The van der Waals surface area contributed by atoms with Crippen LogP contribution in [-0.2, 0) is 28.8 Å². The molecule has 2 fully saturated rings. The van der Waals surface area contributed by atoms with Crippen molar-refractivity contribution in [1.82, 2.24) is 0 Å². The van der Waals surface area contributed by atoms with Crippen LogP contribution in [0.2, 0.25) is 0 Å². The normalized spacial score (nSPS) is 30.9. The largest absolute Gasteiger partial charge is 1.00 e. The van der Waals surface area contributed by atoms with E-state index in [0.717, 1.165) is 30.3 Å². The molecular formula is C27H30NaO19S+. The molecule has 2 aliphatic rings. The molecule has 2 aromatic carbocycles. The fourth-order valence-corrected chi connectivity index (χ4v) is 5.55. The third-order valence-electron chi connectivity index (χ3n) is 7.50. The smallest absolute Gasteiger partial charge is 0.508 e. The number of rotatable bonds is 8. The average molecular weight is 714 g/mol. The molecule has 2 saturated heterocycles. The van der Waals surface area contributed by atoms with Crippen molar-refractivity contribution in [3.8, 4) is 40.1 Å². The SMILES string of the molecule is C[C@@H]1O[C@@H](OC[C@H]2O[C@@H](Oc3c(-c4ccc(O)c(O)c4)oc4cc(O)cc(O)c4c3=O)[C@H](OS(=O)(=O)O)[C@@H](O)[C@@H]2O)[C@H](O)[C@H](O)[C@H]1O.[Na+]. The zero-order valence-electron chi connectivity index (χ0n) is 24.9. The third kappa shape index (κ3) is 7.66. The number of fused-ring (bicyclic) bond motifs is 1. The van der Waals surface area contributed by atoms with E-state index in [2.05, 4.69) is 4.18 Å². The van der Waals surface area contributed by atoms with E-state index in [0.29, 0.717) is 0 Å². The number of ether oxygens (including phenoxy) is 4. The summed E-state index contributed by atoms with van der Waals surface area (Å²) in [6.07, 6.45) is -18.1. The van der Waals surface area contributed by atoms with Gasteiger partial charge in [-0.3, -0.25) is 9.35 Å². The van der Waals surface area contributed by atoms with Gasteiger partial charge in [0.15, 0.2) is 29.7 Å². The van der Waals surface area contributed by atoms with Gasteiger partial charge in [0.1, 0.15) is 59.1 Å². The van der Waals surface area contributed by atoms with E-state index < -0.39 is 129 Å². The van der Waals surface area contributed by atoms with Gasteiger partial charge in [-0.25, -0.2) is 4.18 Å². The molecule has 5 rings (SSSR count). The first-order chi connectivity index (χ1) is 22.0. The number of hydrogen-bond donors (Lipinski definition) is 10. The van der Waals surface area contributed by atoms with Crippen LogP contribution >= 0.6 is 0 Å². The first kappa shape index (κ1) is 38.0. The van der Waals surface area contributed by atoms with Crippen LogP contribution in [0, 0.1) is 0 Å². The summed E-state index contributed by atoms with van der Waals surface area (Å²) in [6, 6.07) is 4.84. The molecule has 258 valence electrons. The van der Waals surface area contributed by atoms with E-state index >= 15 is 0 Å². The predicted molar refractivity (Wildman–Crippen MR) is 151 cm³/mol. The van der Waals surface area contributed by atoms with Crippen LogP contribution in [0.5, 0.6) is 28.7 Å². The van der Waals surface area contributed by atoms with Gasteiger partial charge >= 0.3 is 40.0 Å². The summed E-state index contributed by atoms with van der Waals surface area (Å²) in [7, 11) is -5.40. The second-order valence-electron chi connectivity index (χ2n) is 10.8. The summed E-state index contributed by atoms with van der Waals surface area (Å²) in [5, 5.41) is 91.5. The van der Waals surface area contributed by atoms with E-state index in [1.807, 2.05) is 0 Å². The average Bonchev–Trinajstić information content (AvgIpc) is 2.99. The van der Waals surface area contributed by atoms with Gasteiger partial charge in [-0.05, 0) is 25.1 Å². The maximum atomic E-state index is 13.7. The van der Waals surface area contributed by atoms with Crippen LogP contribution in [0.3, 0.4) is 0 Å². The first-order valence-corrected chi connectivity index (χ1v) is 15.0. The van der Waals surface area contributed by atoms with Gasteiger partial charge in [-0.1, -0.05) is 0 Å². The van der Waals surface area contributed by atoms with Gasteiger partial charge in [-0.2, -0.15) is 8.42 Å². The predicted octanol–water partition coefficient (Wildman–Crippen LogP) is -4.86. The molecule has 1 aromatic heterocycles. The van der Waals surface area contributed by atoms with Crippen molar-refractivity contribution < 1.29 is 116 Å². The summed E-state index contributed by atoms with van der Waals surface area (Å²) in [4.78, 5) is 13.7. The molecule has 19 nitrogen and oxygen atoms in total. The van der Waals surface area contributed by atoms with E-state index in [1.54, 1.807) is 0 Å². The maximum Gasteiger partial charge on any atom is 1.00 e. The van der Waals surface area contributed by atoms with E-state index in [9.17, 15) is 63.7 Å². The van der Waals surface area contributed by atoms with Crippen LogP contribution in [0.15, 0.2) is 39.5 Å². The number of benzene rings is 2. The van der Waals surface area contributed by atoms with Gasteiger partial charge in [0, 0.05) is 17.7 Å². The standard InChI is InChI=1S/C27H30O19S.Na/c1-8-17(32)20(35)22(37)26(42-8)41-7-15-18(33)21(36)25(46-47(38,39)40)27(44-15)45-24-19(34)16-13(31)5-10(28)6-14(16)43-23(24)9-2-3-11(29)12(30)4-9;/h2-6,8,15,17-18,20-22,25-33,35-37H,7H2,1H3,(H,38,39,40);/q;+1/t8-,15+,17-,18+,20+,21-,22+,25+,26+,27-;/m0./s1. The van der Waals surface area contributed by atoms with E-state index in [-0.39, 0.29) is 35.1 Å². The summed E-state index contributed by atoms with van der Waals surface area (Å²) < 4.78 is 65.0. The molecule has 0 aliphatic carbocycles. The van der Waals surface area contributed by atoms with Gasteiger partial charge in [0.2, 0.25) is 17.5 Å². The second-order valence-corrected chi connectivity index (χ2v) is 11.8. The van der Waals surface area contributed by atoms with Crippen molar-refractivity contribution in [3.63, 3.8) is 0 Å². The Labute approximate surface area is 291 Å². The fraction of sp³-hybridized carbons (Fsp3) is 0.444. The van der Waals surface area contributed by atoms with Crippen LogP contribution in [0.4, 0.5) is 0 Å². The summed E-state index contributed by atoms with van der Waals surface area (Å²) in [5.41, 5.74) is -1.72. The molecule has 0 amide bonds. The topological polar surface area (TPSA) is 313 Å². The summed E-state index contributed by atoms with van der Waals surface area (Å²) >= 11 is 0. The molecule has 0 bridgehead atoms. The molecule has 0 spiro atoms. The fourth-order valence-electron chi connectivity index (χ4n) is 5.07. The molecule has 0 unspecified atom stereocenters. The Morgan fingerprint density at radius 1 is 0.812 bits per heavy atom. The molecule has 48 heavy (non-hydrogen) atoms. The Hall–Kier alpha value is -2.80. The number of phenols is 4. The minimum Gasteiger partial charge on any atom is -0.508 e. The molecular weight excluding hydrogens is 683 g/mol. The minimum atomic E-state index is -5.40. The number of aliphatic hydroxyl groups is 5. The Morgan fingerprint density at radius 3 is 2.15 bits per heavy atom. The summed E-state index contributed by atoms with van der Waals surface area (Å²) in [6.45, 7) is 0.603. The Morgan fingerprint density at radius 2 is 1.50 bits per heavy atom. The first-order valence-electron chi connectivity index (χ1n) is 13.7. The van der Waals surface area contributed by atoms with Gasteiger partial charge in [0.05, 0.1) is 12.7 Å². The molecule has 21 heteroatoms. The van der Waals surface area contributed by atoms with Crippen LogP contribution in [-0.4, -0.2) is 127 Å². The molecule has 0 saturated carbocycles. The number of aliphatic hydroxyl groups excluding tert-OH is 5. The quantitative estimate of drug-likeness (QED) is 0.0594. The van der Waals surface area contributed by atoms with Crippen molar-refractivity contribution in [1.29, 1.82) is 0 Å². The monoisotopic (exact) mass is 713 g/mol. The van der Waals surface area contributed by atoms with Crippen molar-refractivity contribution in [2.45, 2.75) is 68.3 Å². The van der Waals surface area contributed by atoms with E-state index in [4.69, 9.17) is 23.4 Å². The number of phenolic OH excluding ortho intramolecular Hbond substituents is 4. The number of hydrogen-bond acceptors (Lipinski definition) is 18. The van der Waals surface area contributed by atoms with Gasteiger partial charge in [0.25, 0.3) is 0 Å². The van der Waals surface area contributed by atoms with Crippen LogP contribution < -0.4 is 39.7 Å². The number of aromatic hydroxyl groups is 4. The summed E-state index contributed by atoms with van der Waals surface area (Å²) in [5.74, 6) is -4.00. The zero-order chi connectivity index (χ0) is 34.5. The molecule has 0 radical (unpaired) electrons.